The number of nitrogens with one attached hydrogen (secondary N) is 3. The number of rotatable bonds is 0. The number of hydrogen-bond acceptors (Lipinski definition) is 4. The van der Waals surface area contributed by atoms with Crippen molar-refractivity contribution in [3.05, 3.63) is 12.0 Å². The molecular weight excluding hydrogens is 164 g/mol. The molecule has 1 amide bonds. The second-order valence-electron chi connectivity index (χ2n) is 2.15. The molecule has 1 atom stereocenters. The van der Waals surface area contributed by atoms with Gasteiger partial charge in [0.25, 0.3) is 5.91 Å². The number of aromatic amines is 1. The minimum Gasteiger partial charge on any atom is -0.340 e. The molecule has 1 aliphatic heterocycles. The van der Waals surface area contributed by atoms with Crippen LogP contribution in [0.5, 0.6) is 0 Å². The molecule has 0 aromatic carbocycles. The van der Waals surface area contributed by atoms with Crippen LogP contribution in [-0.4, -0.2) is 21.4 Å². The van der Waals surface area contributed by atoms with Crippen LogP contribution in [0.25, 0.3) is 0 Å². The van der Waals surface area contributed by atoms with E-state index in [1.54, 1.807) is 0 Å². The first kappa shape index (κ1) is 6.53. The van der Waals surface area contributed by atoms with Crippen LogP contribution in [0.4, 0.5) is 5.82 Å². The summed E-state index contributed by atoms with van der Waals surface area (Å²) in [7, 11) is 0. The fourth-order valence-corrected chi connectivity index (χ4v) is 1.18. The van der Waals surface area contributed by atoms with Gasteiger partial charge in [0.1, 0.15) is 11.2 Å². The molecule has 0 bridgehead atoms. The average molecular weight is 170 g/mol. The maximum absolute atomic E-state index is 11.1. The highest BCUT2D eigenvalue weighted by Gasteiger charge is 2.22. The van der Waals surface area contributed by atoms with E-state index in [1.165, 1.54) is 6.33 Å². The van der Waals surface area contributed by atoms with Gasteiger partial charge >= 0.3 is 0 Å². The first-order chi connectivity index (χ1) is 5.27. The van der Waals surface area contributed by atoms with Gasteiger partial charge in [0, 0.05) is 0 Å². The van der Waals surface area contributed by atoms with E-state index in [0.29, 0.717) is 11.5 Å². The summed E-state index contributed by atoms with van der Waals surface area (Å²) in [4.78, 5) is 17.7. The van der Waals surface area contributed by atoms with E-state index in [1.807, 2.05) is 0 Å². The number of thiol groups is 1. The smallest absolute Gasteiger partial charge is 0.273 e. The first-order valence-electron chi connectivity index (χ1n) is 3.06. The predicted molar refractivity (Wildman–Crippen MR) is 42.5 cm³/mol. The molecule has 3 N–H and O–H groups in total. The number of nitrogens with zero attached hydrogens (tertiary/aromatic N) is 1. The molecule has 58 valence electrons. The fraction of sp³-hybridized carbons (Fsp3) is 0.200. The van der Waals surface area contributed by atoms with Crippen molar-refractivity contribution in [1.29, 1.82) is 0 Å². The Morgan fingerprint density at radius 1 is 1.55 bits per heavy atom. The molecule has 1 aromatic heterocycles. The van der Waals surface area contributed by atoms with Crippen LogP contribution >= 0.6 is 12.6 Å². The van der Waals surface area contributed by atoms with Crippen LogP contribution in [-0.2, 0) is 0 Å². The molecule has 2 heterocycles. The Kier molecular flexibility index (Phi) is 1.28. The van der Waals surface area contributed by atoms with Gasteiger partial charge in [0.05, 0.1) is 6.33 Å². The lowest BCUT2D eigenvalue weighted by Crippen LogP contribution is -2.41. The Labute approximate surface area is 68.0 Å². The number of hydrogen-bond donors (Lipinski definition) is 4. The molecule has 0 spiro atoms. The SMILES string of the molecule is O=C1NC(S)Nc2nc[nH]c21. The molecule has 0 fully saturated rings. The Balaban J connectivity index is 2.44. The number of imidazole rings is 1. The Morgan fingerprint density at radius 3 is 3.18 bits per heavy atom. The van der Waals surface area contributed by atoms with Crippen LogP contribution in [0.2, 0.25) is 0 Å². The maximum atomic E-state index is 11.1. The van der Waals surface area contributed by atoms with Gasteiger partial charge in [0.15, 0.2) is 5.82 Å². The lowest BCUT2D eigenvalue weighted by atomic mass is 10.3. The summed E-state index contributed by atoms with van der Waals surface area (Å²) in [6, 6.07) is 0. The van der Waals surface area contributed by atoms with E-state index in [4.69, 9.17) is 0 Å². The van der Waals surface area contributed by atoms with Crippen molar-refractivity contribution in [1.82, 2.24) is 15.3 Å². The van der Waals surface area contributed by atoms with Crippen molar-refractivity contribution in [2.75, 3.05) is 5.32 Å². The van der Waals surface area contributed by atoms with Crippen molar-refractivity contribution in [3.63, 3.8) is 0 Å². The third-order valence-electron chi connectivity index (χ3n) is 1.41. The molecule has 6 heteroatoms. The number of carbonyl (C=O) groups excluding carboxylic acids is 1. The van der Waals surface area contributed by atoms with Crippen LogP contribution in [0.1, 0.15) is 10.5 Å². The zero-order valence-electron chi connectivity index (χ0n) is 5.46. The van der Waals surface area contributed by atoms with Gasteiger partial charge in [-0.2, -0.15) is 0 Å². The van der Waals surface area contributed by atoms with Crippen molar-refractivity contribution in [2.24, 2.45) is 0 Å². The highest BCUT2D eigenvalue weighted by atomic mass is 32.1. The lowest BCUT2D eigenvalue weighted by Gasteiger charge is -2.19. The average Bonchev–Trinajstić information content (AvgIpc) is 2.34. The molecule has 5 nitrogen and oxygen atoms in total. The summed E-state index contributed by atoms with van der Waals surface area (Å²) in [5.41, 5.74) is 0.105. The summed E-state index contributed by atoms with van der Waals surface area (Å²) in [5.74, 6) is 0.366. The molecule has 0 aliphatic carbocycles. The normalized spacial score (nSPS) is 21.9. The topological polar surface area (TPSA) is 69.8 Å². The predicted octanol–water partition coefficient (Wildman–Crippen LogP) is -0.222. The first-order valence-corrected chi connectivity index (χ1v) is 3.58. The van der Waals surface area contributed by atoms with Gasteiger partial charge in [-0.05, 0) is 0 Å². The van der Waals surface area contributed by atoms with Crippen molar-refractivity contribution >= 4 is 24.4 Å². The lowest BCUT2D eigenvalue weighted by molar-refractivity contribution is 0.0944. The van der Waals surface area contributed by atoms with Crippen LogP contribution in [0, 0.1) is 0 Å². The Bertz CT molecular complexity index is 296. The maximum Gasteiger partial charge on any atom is 0.273 e. The van der Waals surface area contributed by atoms with E-state index in [9.17, 15) is 4.79 Å². The summed E-state index contributed by atoms with van der Waals surface area (Å²) >= 11 is 4.02. The largest absolute Gasteiger partial charge is 0.340 e. The summed E-state index contributed by atoms with van der Waals surface area (Å²) in [5, 5.41) is 5.42. The molecule has 0 saturated carbocycles. The molecule has 1 aromatic rings. The van der Waals surface area contributed by atoms with Gasteiger partial charge < -0.3 is 15.6 Å². The standard InChI is InChI=1S/C5H6N4OS/c10-4-2-3(7-1-6-2)8-5(11)9-4/h1,5,8,11H,(H,6,7)(H,9,10). The van der Waals surface area contributed by atoms with Crippen molar-refractivity contribution in [3.8, 4) is 0 Å². The number of aromatic nitrogens is 2. The molecule has 0 saturated heterocycles. The van der Waals surface area contributed by atoms with Gasteiger partial charge in [-0.25, -0.2) is 4.98 Å². The third-order valence-corrected chi connectivity index (χ3v) is 1.67. The van der Waals surface area contributed by atoms with E-state index in [0.717, 1.165) is 0 Å². The molecule has 1 aliphatic rings. The van der Waals surface area contributed by atoms with Gasteiger partial charge in [-0.3, -0.25) is 4.79 Å². The third kappa shape index (κ3) is 0.949. The molecular formula is C5H6N4OS. The summed E-state index contributed by atoms with van der Waals surface area (Å²) in [6.45, 7) is 0. The van der Waals surface area contributed by atoms with Gasteiger partial charge in [0.2, 0.25) is 0 Å². The minimum absolute atomic E-state index is 0.184. The molecule has 0 radical (unpaired) electrons. The van der Waals surface area contributed by atoms with Crippen molar-refractivity contribution < 1.29 is 4.79 Å². The van der Waals surface area contributed by atoms with E-state index >= 15 is 0 Å². The monoisotopic (exact) mass is 170 g/mol. The van der Waals surface area contributed by atoms with Crippen LogP contribution in [0.3, 0.4) is 0 Å². The van der Waals surface area contributed by atoms with Crippen LogP contribution < -0.4 is 10.6 Å². The minimum atomic E-state index is -0.349. The number of H-pyrrole nitrogens is 1. The fourth-order valence-electron chi connectivity index (χ4n) is 0.939. The van der Waals surface area contributed by atoms with Crippen molar-refractivity contribution in [2.45, 2.75) is 5.50 Å². The van der Waals surface area contributed by atoms with E-state index in [2.05, 4.69) is 33.2 Å². The highest BCUT2D eigenvalue weighted by Crippen LogP contribution is 2.15. The summed E-state index contributed by atoms with van der Waals surface area (Å²) < 4.78 is 0. The van der Waals surface area contributed by atoms with Gasteiger partial charge in [-0.15, -0.1) is 12.6 Å². The van der Waals surface area contributed by atoms with Gasteiger partial charge in [-0.1, -0.05) is 0 Å². The number of amides is 1. The second-order valence-corrected chi connectivity index (χ2v) is 2.66. The number of fused-ring (bicyclic) bond motifs is 1. The highest BCUT2D eigenvalue weighted by molar-refractivity contribution is 7.81. The zero-order valence-corrected chi connectivity index (χ0v) is 6.35. The zero-order chi connectivity index (χ0) is 7.84. The Hall–Kier alpha value is -1.17. The Morgan fingerprint density at radius 2 is 2.36 bits per heavy atom. The molecule has 11 heavy (non-hydrogen) atoms. The quantitative estimate of drug-likeness (QED) is 0.407. The van der Waals surface area contributed by atoms with E-state index in [-0.39, 0.29) is 11.4 Å². The molecule has 2 rings (SSSR count). The number of carbonyl (C=O) groups is 1. The molecule has 1 unspecified atom stereocenters. The number of anilines is 1. The van der Waals surface area contributed by atoms with E-state index < -0.39 is 0 Å². The second kappa shape index (κ2) is 2.16. The van der Waals surface area contributed by atoms with Crippen LogP contribution in [0.15, 0.2) is 6.33 Å². The summed E-state index contributed by atoms with van der Waals surface area (Å²) in [6.07, 6.45) is 1.46.